The van der Waals surface area contributed by atoms with Crippen molar-refractivity contribution in [2.75, 3.05) is 38.4 Å². The molecule has 0 spiro atoms. The van der Waals surface area contributed by atoms with Gasteiger partial charge in [0.15, 0.2) is 11.5 Å². The van der Waals surface area contributed by atoms with Gasteiger partial charge in [0.25, 0.3) is 5.91 Å². The number of carbonyl (C=O) groups is 2. The van der Waals surface area contributed by atoms with Gasteiger partial charge in [-0.3, -0.25) is 9.59 Å². The van der Waals surface area contributed by atoms with Crippen LogP contribution in [-0.4, -0.2) is 49.8 Å². The molecule has 1 N–H and O–H groups in total. The Labute approximate surface area is 173 Å². The first-order chi connectivity index (χ1) is 14.0. The van der Waals surface area contributed by atoms with Crippen molar-refractivity contribution in [1.82, 2.24) is 4.90 Å². The van der Waals surface area contributed by atoms with Crippen molar-refractivity contribution in [2.45, 2.75) is 17.7 Å². The third-order valence-corrected chi connectivity index (χ3v) is 5.62. The fourth-order valence-electron chi connectivity index (χ4n) is 3.12. The number of thioether (sulfide) groups is 1. The minimum Gasteiger partial charge on any atom is -0.493 e. The number of hydrogen-bond donors (Lipinski definition) is 1. The molecule has 0 unspecified atom stereocenters. The smallest absolute Gasteiger partial charge is 0.256 e. The molecule has 0 aromatic heterocycles. The number of hydrogen-bond acceptors (Lipinski definition) is 5. The lowest BCUT2D eigenvalue weighted by atomic mass is 10.1. The van der Waals surface area contributed by atoms with Crippen LogP contribution in [0.25, 0.3) is 0 Å². The summed E-state index contributed by atoms with van der Waals surface area (Å²) in [5, 5.41) is 2.81. The first-order valence-corrected chi connectivity index (χ1v) is 10.2. The van der Waals surface area contributed by atoms with Crippen molar-refractivity contribution in [3.8, 4) is 11.5 Å². The highest BCUT2D eigenvalue weighted by atomic mass is 32.2. The third-order valence-electron chi connectivity index (χ3n) is 4.61. The second kappa shape index (κ2) is 9.65. The molecule has 0 radical (unpaired) electrons. The molecule has 1 aliphatic rings. The van der Waals surface area contributed by atoms with Crippen LogP contribution in [0.3, 0.4) is 0 Å². The van der Waals surface area contributed by atoms with E-state index in [0.29, 0.717) is 35.8 Å². The monoisotopic (exact) mass is 418 g/mol. The number of carbonyl (C=O) groups excluding carboxylic acids is 2. The van der Waals surface area contributed by atoms with Crippen LogP contribution >= 0.6 is 11.8 Å². The number of ether oxygens (including phenoxy) is 2. The van der Waals surface area contributed by atoms with Gasteiger partial charge in [0.2, 0.25) is 5.91 Å². The SMILES string of the molecule is COc1cc(NC(=O)CSc2ccc(F)cc2)c(C(=O)N2CCCC2)cc1OC. The Hall–Kier alpha value is -2.74. The van der Waals surface area contributed by atoms with Crippen molar-refractivity contribution >= 4 is 29.3 Å². The number of benzene rings is 2. The molecule has 3 rings (SSSR count). The van der Waals surface area contributed by atoms with Crippen LogP contribution in [0, 0.1) is 5.82 Å². The molecule has 2 aromatic carbocycles. The average Bonchev–Trinajstić information content (AvgIpc) is 3.27. The molecule has 8 heteroatoms. The largest absolute Gasteiger partial charge is 0.493 e. The predicted octanol–water partition coefficient (Wildman–Crippen LogP) is 3.81. The quantitative estimate of drug-likeness (QED) is 0.693. The molecule has 0 bridgehead atoms. The molecule has 2 aromatic rings. The van der Waals surface area contributed by atoms with E-state index in [1.54, 1.807) is 29.2 Å². The highest BCUT2D eigenvalue weighted by molar-refractivity contribution is 8.00. The minimum absolute atomic E-state index is 0.122. The van der Waals surface area contributed by atoms with Crippen LogP contribution in [0.15, 0.2) is 41.3 Å². The van der Waals surface area contributed by atoms with Crippen molar-refractivity contribution in [2.24, 2.45) is 0 Å². The maximum Gasteiger partial charge on any atom is 0.256 e. The minimum atomic E-state index is -0.325. The third kappa shape index (κ3) is 5.20. The second-order valence-electron chi connectivity index (χ2n) is 6.54. The van der Waals surface area contributed by atoms with Crippen molar-refractivity contribution in [3.05, 3.63) is 47.8 Å². The van der Waals surface area contributed by atoms with Crippen LogP contribution in [-0.2, 0) is 4.79 Å². The summed E-state index contributed by atoms with van der Waals surface area (Å²) in [5.41, 5.74) is 0.744. The molecule has 1 aliphatic heterocycles. The van der Waals surface area contributed by atoms with Crippen LogP contribution in [0.5, 0.6) is 11.5 Å². The van der Waals surface area contributed by atoms with E-state index in [1.165, 1.54) is 38.1 Å². The number of halogens is 1. The van der Waals surface area contributed by atoms with E-state index in [1.807, 2.05) is 0 Å². The number of rotatable bonds is 7. The number of anilines is 1. The molecule has 0 saturated carbocycles. The second-order valence-corrected chi connectivity index (χ2v) is 7.59. The number of likely N-dealkylation sites (tertiary alicyclic amines) is 1. The zero-order chi connectivity index (χ0) is 20.8. The normalized spacial score (nSPS) is 13.3. The number of methoxy groups -OCH3 is 2. The fourth-order valence-corrected chi connectivity index (χ4v) is 3.81. The van der Waals surface area contributed by atoms with Gasteiger partial charge in [-0.1, -0.05) is 0 Å². The Balaban J connectivity index is 1.78. The van der Waals surface area contributed by atoms with Gasteiger partial charge in [-0.15, -0.1) is 11.8 Å². The highest BCUT2D eigenvalue weighted by Crippen LogP contribution is 2.34. The van der Waals surface area contributed by atoms with E-state index in [0.717, 1.165) is 17.7 Å². The van der Waals surface area contributed by atoms with E-state index in [2.05, 4.69) is 5.32 Å². The Morgan fingerprint density at radius 1 is 1.07 bits per heavy atom. The number of amides is 2. The zero-order valence-corrected chi connectivity index (χ0v) is 17.2. The molecular weight excluding hydrogens is 395 g/mol. The van der Waals surface area contributed by atoms with E-state index in [9.17, 15) is 14.0 Å². The summed E-state index contributed by atoms with van der Waals surface area (Å²) in [6, 6.07) is 9.13. The lowest BCUT2D eigenvalue weighted by molar-refractivity contribution is -0.113. The van der Waals surface area contributed by atoms with E-state index >= 15 is 0 Å². The van der Waals surface area contributed by atoms with Crippen LogP contribution < -0.4 is 14.8 Å². The Morgan fingerprint density at radius 2 is 1.69 bits per heavy atom. The molecule has 1 heterocycles. The lowest BCUT2D eigenvalue weighted by Crippen LogP contribution is -2.29. The number of nitrogens with zero attached hydrogens (tertiary/aromatic N) is 1. The van der Waals surface area contributed by atoms with E-state index in [-0.39, 0.29) is 23.4 Å². The van der Waals surface area contributed by atoms with Gasteiger partial charge in [-0.05, 0) is 43.2 Å². The number of nitrogens with one attached hydrogen (secondary N) is 1. The fraction of sp³-hybridized carbons (Fsp3) is 0.333. The molecule has 0 aliphatic carbocycles. The van der Waals surface area contributed by atoms with Crippen molar-refractivity contribution in [1.29, 1.82) is 0 Å². The van der Waals surface area contributed by atoms with E-state index in [4.69, 9.17) is 9.47 Å². The van der Waals surface area contributed by atoms with Gasteiger partial charge < -0.3 is 19.7 Å². The summed E-state index contributed by atoms with van der Waals surface area (Å²) in [6.07, 6.45) is 1.93. The molecule has 1 saturated heterocycles. The first-order valence-electron chi connectivity index (χ1n) is 9.25. The average molecular weight is 418 g/mol. The Morgan fingerprint density at radius 3 is 2.31 bits per heavy atom. The molecule has 1 fully saturated rings. The van der Waals surface area contributed by atoms with Gasteiger partial charge in [0.05, 0.1) is 31.2 Å². The topological polar surface area (TPSA) is 67.9 Å². The Bertz CT molecular complexity index is 883. The molecule has 2 amide bonds. The van der Waals surface area contributed by atoms with Crippen molar-refractivity contribution in [3.63, 3.8) is 0 Å². The van der Waals surface area contributed by atoms with Crippen LogP contribution in [0.2, 0.25) is 0 Å². The van der Waals surface area contributed by atoms with Crippen molar-refractivity contribution < 1.29 is 23.5 Å². The van der Waals surface area contributed by atoms with Gasteiger partial charge in [0, 0.05) is 24.1 Å². The summed E-state index contributed by atoms with van der Waals surface area (Å²) >= 11 is 1.28. The van der Waals surface area contributed by atoms with Gasteiger partial charge in [-0.25, -0.2) is 4.39 Å². The molecule has 154 valence electrons. The Kier molecular flexibility index (Phi) is 6.98. The summed E-state index contributed by atoms with van der Waals surface area (Å²) in [7, 11) is 3.00. The molecule has 0 atom stereocenters. The molecule has 6 nitrogen and oxygen atoms in total. The van der Waals surface area contributed by atoms with Gasteiger partial charge >= 0.3 is 0 Å². The maximum absolute atomic E-state index is 13.0. The standard InChI is InChI=1S/C21H23FN2O4S/c1-27-18-11-16(21(26)24-9-3-4-10-24)17(12-19(18)28-2)23-20(25)13-29-15-7-5-14(22)6-8-15/h5-8,11-12H,3-4,9-10,13H2,1-2H3,(H,23,25). The molecule has 29 heavy (non-hydrogen) atoms. The zero-order valence-electron chi connectivity index (χ0n) is 16.4. The maximum atomic E-state index is 13.0. The lowest BCUT2D eigenvalue weighted by Gasteiger charge is -2.20. The summed E-state index contributed by atoms with van der Waals surface area (Å²) < 4.78 is 23.6. The highest BCUT2D eigenvalue weighted by Gasteiger charge is 2.25. The molecular formula is C21H23FN2O4S. The van der Waals surface area contributed by atoms with Gasteiger partial charge in [-0.2, -0.15) is 0 Å². The first kappa shape index (κ1) is 21.0. The van der Waals surface area contributed by atoms with Crippen LogP contribution in [0.4, 0.5) is 10.1 Å². The summed E-state index contributed by atoms with van der Waals surface area (Å²) in [5.74, 6) is 0.221. The summed E-state index contributed by atoms with van der Waals surface area (Å²) in [4.78, 5) is 28.0. The van der Waals surface area contributed by atoms with Crippen LogP contribution in [0.1, 0.15) is 23.2 Å². The predicted molar refractivity (Wildman–Crippen MR) is 110 cm³/mol. The van der Waals surface area contributed by atoms with E-state index < -0.39 is 0 Å². The summed E-state index contributed by atoms with van der Waals surface area (Å²) in [6.45, 7) is 1.39. The van der Waals surface area contributed by atoms with Gasteiger partial charge in [0.1, 0.15) is 5.82 Å².